The van der Waals surface area contributed by atoms with Crippen LogP contribution in [0.4, 0.5) is 0 Å². The molecule has 0 spiro atoms. The molecule has 7 nitrogen and oxygen atoms in total. The highest BCUT2D eigenvalue weighted by atomic mass is 16.5. The average molecular weight is 383 g/mol. The molecule has 1 unspecified atom stereocenters. The van der Waals surface area contributed by atoms with Gasteiger partial charge in [0.05, 0.1) is 12.1 Å². The average Bonchev–Trinajstić information content (AvgIpc) is 3.39. The second kappa shape index (κ2) is 8.14. The summed E-state index contributed by atoms with van der Waals surface area (Å²) in [4.78, 5) is 33.3. The molecule has 7 heteroatoms. The Labute approximate surface area is 164 Å². The third kappa shape index (κ3) is 3.94. The molecule has 2 fully saturated rings. The number of hydrogen-bond donors (Lipinski definition) is 0. The standard InChI is InChI=1S/C21H25N3O4/c1-15-17(22-20(28-15)16-6-3-2-4-7-16)14-19(25)23-9-11-24(12-10-23)21(26)18-8-5-13-27-18/h2-4,6-7,18H,5,8-14H2,1H3. The molecule has 0 N–H and O–H groups in total. The Morgan fingerprint density at radius 3 is 2.50 bits per heavy atom. The van der Waals surface area contributed by atoms with Crippen molar-refractivity contribution in [3.63, 3.8) is 0 Å². The largest absolute Gasteiger partial charge is 0.441 e. The third-order valence-corrected chi connectivity index (χ3v) is 5.38. The highest BCUT2D eigenvalue weighted by molar-refractivity contribution is 5.82. The maximum Gasteiger partial charge on any atom is 0.251 e. The Hall–Kier alpha value is -2.67. The molecule has 0 bridgehead atoms. The lowest BCUT2D eigenvalue weighted by molar-refractivity contribution is -0.145. The van der Waals surface area contributed by atoms with Crippen molar-refractivity contribution < 1.29 is 18.7 Å². The first-order valence-corrected chi connectivity index (χ1v) is 9.81. The van der Waals surface area contributed by atoms with Crippen LogP contribution in [0.3, 0.4) is 0 Å². The first-order valence-electron chi connectivity index (χ1n) is 9.81. The van der Waals surface area contributed by atoms with Gasteiger partial charge in [0.2, 0.25) is 11.8 Å². The van der Waals surface area contributed by atoms with E-state index < -0.39 is 0 Å². The number of benzene rings is 1. The van der Waals surface area contributed by atoms with Crippen LogP contribution >= 0.6 is 0 Å². The van der Waals surface area contributed by atoms with Crippen LogP contribution in [0.15, 0.2) is 34.7 Å². The van der Waals surface area contributed by atoms with Crippen molar-refractivity contribution in [1.82, 2.24) is 14.8 Å². The fraction of sp³-hybridized carbons (Fsp3) is 0.476. The number of oxazole rings is 1. The van der Waals surface area contributed by atoms with Crippen molar-refractivity contribution in [3.05, 3.63) is 41.8 Å². The number of carbonyl (C=O) groups excluding carboxylic acids is 2. The summed E-state index contributed by atoms with van der Waals surface area (Å²) < 4.78 is 11.2. The van der Waals surface area contributed by atoms with E-state index in [-0.39, 0.29) is 24.3 Å². The summed E-state index contributed by atoms with van der Waals surface area (Å²) >= 11 is 0. The van der Waals surface area contributed by atoms with Gasteiger partial charge in [0.1, 0.15) is 11.9 Å². The number of nitrogens with zero attached hydrogens (tertiary/aromatic N) is 3. The van der Waals surface area contributed by atoms with Crippen molar-refractivity contribution in [1.29, 1.82) is 0 Å². The minimum atomic E-state index is -0.295. The van der Waals surface area contributed by atoms with Crippen LogP contribution in [0.25, 0.3) is 11.5 Å². The van der Waals surface area contributed by atoms with Gasteiger partial charge >= 0.3 is 0 Å². The topological polar surface area (TPSA) is 75.9 Å². The number of hydrogen-bond acceptors (Lipinski definition) is 5. The van der Waals surface area contributed by atoms with Crippen LogP contribution in [-0.4, -0.2) is 65.5 Å². The Morgan fingerprint density at radius 1 is 1.11 bits per heavy atom. The number of piperazine rings is 1. The van der Waals surface area contributed by atoms with E-state index in [0.29, 0.717) is 50.1 Å². The zero-order chi connectivity index (χ0) is 19.5. The number of aryl methyl sites for hydroxylation is 1. The molecule has 2 aliphatic heterocycles. The number of rotatable bonds is 4. The van der Waals surface area contributed by atoms with Crippen molar-refractivity contribution in [2.24, 2.45) is 0 Å². The second-order valence-electron chi connectivity index (χ2n) is 7.27. The van der Waals surface area contributed by atoms with Gasteiger partial charge in [0.15, 0.2) is 0 Å². The minimum Gasteiger partial charge on any atom is -0.441 e. The first-order chi connectivity index (χ1) is 13.6. The minimum absolute atomic E-state index is 0.0141. The van der Waals surface area contributed by atoms with E-state index in [1.54, 1.807) is 4.90 Å². The van der Waals surface area contributed by atoms with Crippen LogP contribution in [0.5, 0.6) is 0 Å². The molecule has 0 saturated carbocycles. The summed E-state index contributed by atoms with van der Waals surface area (Å²) in [5.74, 6) is 1.27. The molecule has 2 amide bonds. The molecule has 1 atom stereocenters. The quantitative estimate of drug-likeness (QED) is 0.808. The highest BCUT2D eigenvalue weighted by Crippen LogP contribution is 2.22. The molecule has 0 radical (unpaired) electrons. The molecule has 2 aromatic rings. The van der Waals surface area contributed by atoms with Crippen LogP contribution in [-0.2, 0) is 20.7 Å². The maximum absolute atomic E-state index is 12.7. The van der Waals surface area contributed by atoms with E-state index >= 15 is 0 Å². The van der Waals surface area contributed by atoms with Crippen LogP contribution in [0, 0.1) is 6.92 Å². The van der Waals surface area contributed by atoms with Crippen molar-refractivity contribution >= 4 is 11.8 Å². The zero-order valence-electron chi connectivity index (χ0n) is 16.1. The smallest absolute Gasteiger partial charge is 0.251 e. The van der Waals surface area contributed by atoms with Gasteiger partial charge in [-0.2, -0.15) is 0 Å². The van der Waals surface area contributed by atoms with Gasteiger partial charge < -0.3 is 19.0 Å². The molecule has 2 saturated heterocycles. The molecule has 3 heterocycles. The van der Waals surface area contributed by atoms with Gasteiger partial charge in [-0.1, -0.05) is 18.2 Å². The molecule has 1 aromatic heterocycles. The van der Waals surface area contributed by atoms with Gasteiger partial charge in [-0.05, 0) is 31.9 Å². The van der Waals surface area contributed by atoms with E-state index in [2.05, 4.69) is 4.98 Å². The maximum atomic E-state index is 12.7. The van der Waals surface area contributed by atoms with Gasteiger partial charge in [0, 0.05) is 38.3 Å². The Bertz CT molecular complexity index is 835. The number of carbonyl (C=O) groups is 2. The summed E-state index contributed by atoms with van der Waals surface area (Å²) in [5.41, 5.74) is 1.56. The predicted molar refractivity (Wildman–Crippen MR) is 103 cm³/mol. The zero-order valence-corrected chi connectivity index (χ0v) is 16.1. The van der Waals surface area contributed by atoms with Crippen molar-refractivity contribution in [2.45, 2.75) is 32.3 Å². The molecule has 0 aliphatic carbocycles. The van der Waals surface area contributed by atoms with E-state index in [9.17, 15) is 9.59 Å². The molecule has 4 rings (SSSR count). The highest BCUT2D eigenvalue weighted by Gasteiger charge is 2.31. The van der Waals surface area contributed by atoms with Gasteiger partial charge in [0.25, 0.3) is 5.91 Å². The first kappa shape index (κ1) is 18.7. The van der Waals surface area contributed by atoms with Crippen molar-refractivity contribution in [3.8, 4) is 11.5 Å². The number of aromatic nitrogens is 1. The van der Waals surface area contributed by atoms with E-state index in [1.807, 2.05) is 42.2 Å². The van der Waals surface area contributed by atoms with Crippen LogP contribution < -0.4 is 0 Å². The summed E-state index contributed by atoms with van der Waals surface area (Å²) in [5, 5.41) is 0. The molecular formula is C21H25N3O4. The van der Waals surface area contributed by atoms with Crippen molar-refractivity contribution in [2.75, 3.05) is 32.8 Å². The SMILES string of the molecule is Cc1oc(-c2ccccc2)nc1CC(=O)N1CCN(C(=O)C2CCCO2)CC1. The molecule has 1 aromatic carbocycles. The summed E-state index contributed by atoms with van der Waals surface area (Å²) in [6, 6.07) is 9.66. The van der Waals surface area contributed by atoms with Crippen LogP contribution in [0.1, 0.15) is 24.3 Å². The summed E-state index contributed by atoms with van der Waals surface area (Å²) in [6.07, 6.45) is 1.66. The van der Waals surface area contributed by atoms with E-state index in [0.717, 1.165) is 18.4 Å². The molecule has 148 valence electrons. The Kier molecular flexibility index (Phi) is 5.43. The fourth-order valence-electron chi connectivity index (χ4n) is 3.70. The molecule has 2 aliphatic rings. The molecule has 28 heavy (non-hydrogen) atoms. The van der Waals surface area contributed by atoms with E-state index in [1.165, 1.54) is 0 Å². The van der Waals surface area contributed by atoms with E-state index in [4.69, 9.17) is 9.15 Å². The monoisotopic (exact) mass is 383 g/mol. The number of ether oxygens (including phenoxy) is 1. The summed E-state index contributed by atoms with van der Waals surface area (Å²) in [7, 11) is 0. The Balaban J connectivity index is 1.34. The van der Waals surface area contributed by atoms with Crippen LogP contribution in [0.2, 0.25) is 0 Å². The fourth-order valence-corrected chi connectivity index (χ4v) is 3.70. The van der Waals surface area contributed by atoms with Gasteiger partial charge in [-0.15, -0.1) is 0 Å². The third-order valence-electron chi connectivity index (χ3n) is 5.38. The lowest BCUT2D eigenvalue weighted by Crippen LogP contribution is -2.53. The lowest BCUT2D eigenvalue weighted by Gasteiger charge is -2.35. The Morgan fingerprint density at radius 2 is 1.82 bits per heavy atom. The predicted octanol–water partition coefficient (Wildman–Crippen LogP) is 2.04. The molecular weight excluding hydrogens is 358 g/mol. The summed E-state index contributed by atoms with van der Waals surface area (Å²) in [6.45, 7) is 4.69. The number of amides is 2. The van der Waals surface area contributed by atoms with Gasteiger partial charge in [-0.3, -0.25) is 9.59 Å². The lowest BCUT2D eigenvalue weighted by atomic mass is 10.2. The van der Waals surface area contributed by atoms with Gasteiger partial charge in [-0.25, -0.2) is 4.98 Å². The second-order valence-corrected chi connectivity index (χ2v) is 7.27. The normalized spacial score (nSPS) is 19.8.